The average molecular weight is 485 g/mol. The third-order valence-electron chi connectivity index (χ3n) is 6.00. The molecule has 1 fully saturated rings. The van der Waals surface area contributed by atoms with Gasteiger partial charge in [0.25, 0.3) is 5.91 Å². The Labute approximate surface area is 207 Å². The van der Waals surface area contributed by atoms with Gasteiger partial charge in [-0.3, -0.25) is 9.59 Å². The molecule has 2 aromatic rings. The van der Waals surface area contributed by atoms with Crippen molar-refractivity contribution < 1.29 is 14.3 Å². The second-order valence-electron chi connectivity index (χ2n) is 8.58. The molecule has 34 heavy (non-hydrogen) atoms. The monoisotopic (exact) mass is 484 g/mol. The fraction of sp³-hybridized carbons (Fsp3) is 0.538. The van der Waals surface area contributed by atoms with Gasteiger partial charge >= 0.3 is 5.97 Å². The van der Waals surface area contributed by atoms with Gasteiger partial charge in [0.05, 0.1) is 12.5 Å². The van der Waals surface area contributed by atoms with Gasteiger partial charge in [-0.1, -0.05) is 37.7 Å². The highest BCUT2D eigenvalue weighted by Gasteiger charge is 2.28. The number of carbonyl (C=O) groups excluding carboxylic acids is 2. The number of likely N-dealkylation sites (tertiary alicyclic amines) is 1. The zero-order chi connectivity index (χ0) is 24.5. The molecular weight excluding hydrogens is 448 g/mol. The fourth-order valence-corrected chi connectivity index (χ4v) is 4.87. The van der Waals surface area contributed by atoms with Crippen molar-refractivity contribution in [1.29, 1.82) is 0 Å². The Morgan fingerprint density at radius 3 is 2.59 bits per heavy atom. The van der Waals surface area contributed by atoms with Gasteiger partial charge in [-0.15, -0.1) is 0 Å². The first-order valence-corrected chi connectivity index (χ1v) is 13.2. The van der Waals surface area contributed by atoms with Crippen LogP contribution in [-0.2, 0) is 21.7 Å². The lowest BCUT2D eigenvalue weighted by Gasteiger charge is -2.31. The standard InChI is InChI=1S/C26H36N4O3S/c1-5-13-29(4)23-17-22(6-2)27-26(28-23)34-18-19-9-8-10-21(16-19)24(31)30-14-11-20(12-15-30)25(32)33-7-3/h8-10,16-17,20H,5-7,11-15,18H2,1-4H3. The molecule has 0 spiro atoms. The van der Waals surface area contributed by atoms with Crippen molar-refractivity contribution in [3.05, 3.63) is 47.2 Å². The molecule has 0 radical (unpaired) electrons. The van der Waals surface area contributed by atoms with Gasteiger partial charge in [-0.2, -0.15) is 0 Å². The number of amides is 1. The van der Waals surface area contributed by atoms with E-state index in [2.05, 4.69) is 36.8 Å². The summed E-state index contributed by atoms with van der Waals surface area (Å²) in [5.41, 5.74) is 2.77. The molecule has 0 unspecified atom stereocenters. The summed E-state index contributed by atoms with van der Waals surface area (Å²) in [6.07, 6.45) is 3.23. The molecule has 1 aromatic heterocycles. The van der Waals surface area contributed by atoms with E-state index in [1.54, 1.807) is 11.8 Å². The van der Waals surface area contributed by atoms with Crippen molar-refractivity contribution >= 4 is 29.5 Å². The molecule has 0 N–H and O–H groups in total. The summed E-state index contributed by atoms with van der Waals surface area (Å²) in [5.74, 6) is 1.41. The minimum absolute atomic E-state index is 0.0156. The first kappa shape index (κ1) is 26.0. The summed E-state index contributed by atoms with van der Waals surface area (Å²) in [7, 11) is 2.06. The minimum Gasteiger partial charge on any atom is -0.466 e. The maximum Gasteiger partial charge on any atom is 0.309 e. The van der Waals surface area contributed by atoms with Crippen LogP contribution in [-0.4, -0.2) is 60.0 Å². The molecule has 8 heteroatoms. The molecule has 1 aliphatic heterocycles. The molecule has 3 rings (SSSR count). The van der Waals surface area contributed by atoms with Crippen molar-refractivity contribution in [1.82, 2.24) is 14.9 Å². The smallest absolute Gasteiger partial charge is 0.309 e. The Hall–Kier alpha value is -2.61. The molecule has 1 amide bonds. The van der Waals surface area contributed by atoms with Crippen LogP contribution < -0.4 is 4.90 Å². The van der Waals surface area contributed by atoms with E-state index in [1.807, 2.05) is 36.1 Å². The summed E-state index contributed by atoms with van der Waals surface area (Å²) < 4.78 is 5.13. The van der Waals surface area contributed by atoms with Gasteiger partial charge in [-0.25, -0.2) is 9.97 Å². The van der Waals surface area contributed by atoms with Crippen LogP contribution >= 0.6 is 11.8 Å². The number of aryl methyl sites for hydroxylation is 1. The van der Waals surface area contributed by atoms with Crippen LogP contribution in [0.4, 0.5) is 5.82 Å². The molecule has 1 saturated heterocycles. The normalized spacial score (nSPS) is 14.2. The van der Waals surface area contributed by atoms with E-state index >= 15 is 0 Å². The lowest BCUT2D eigenvalue weighted by atomic mass is 9.96. The van der Waals surface area contributed by atoms with Gasteiger partial charge in [0.2, 0.25) is 0 Å². The zero-order valence-electron chi connectivity index (χ0n) is 20.7. The third kappa shape index (κ3) is 6.95. The maximum atomic E-state index is 13.1. The summed E-state index contributed by atoms with van der Waals surface area (Å²) in [4.78, 5) is 38.5. The molecule has 184 valence electrons. The fourth-order valence-electron chi connectivity index (χ4n) is 4.05. The molecule has 1 aromatic carbocycles. The first-order chi connectivity index (χ1) is 16.4. The quantitative estimate of drug-likeness (QED) is 0.277. The topological polar surface area (TPSA) is 75.6 Å². The van der Waals surface area contributed by atoms with Crippen molar-refractivity contribution in [2.24, 2.45) is 5.92 Å². The number of piperidine rings is 1. The number of aromatic nitrogens is 2. The number of nitrogens with zero attached hydrogens (tertiary/aromatic N) is 4. The van der Waals surface area contributed by atoms with Crippen LogP contribution in [0.3, 0.4) is 0 Å². The Bertz CT molecular complexity index is 976. The number of ether oxygens (including phenoxy) is 1. The van der Waals surface area contributed by atoms with Gasteiger partial charge < -0.3 is 14.5 Å². The highest BCUT2D eigenvalue weighted by molar-refractivity contribution is 7.98. The Morgan fingerprint density at radius 1 is 1.15 bits per heavy atom. The molecular formula is C26H36N4O3S. The Morgan fingerprint density at radius 2 is 1.91 bits per heavy atom. The van der Waals surface area contributed by atoms with Crippen LogP contribution in [0.5, 0.6) is 0 Å². The Kier molecular flexibility index (Phi) is 9.74. The predicted octanol–water partition coefficient (Wildman–Crippen LogP) is 4.59. The summed E-state index contributed by atoms with van der Waals surface area (Å²) in [6, 6.07) is 9.84. The van der Waals surface area contributed by atoms with Gasteiger partial charge in [0, 0.05) is 49.8 Å². The maximum absolute atomic E-state index is 13.1. The Balaban J connectivity index is 1.62. The van der Waals surface area contributed by atoms with E-state index in [-0.39, 0.29) is 17.8 Å². The number of esters is 1. The van der Waals surface area contributed by atoms with Crippen LogP contribution in [0, 0.1) is 5.92 Å². The highest BCUT2D eigenvalue weighted by atomic mass is 32.2. The van der Waals surface area contributed by atoms with Crippen molar-refractivity contribution in [2.75, 3.05) is 38.2 Å². The number of hydrogen-bond donors (Lipinski definition) is 0. The lowest BCUT2D eigenvalue weighted by Crippen LogP contribution is -2.40. The summed E-state index contributed by atoms with van der Waals surface area (Å²) in [5, 5.41) is 0.759. The molecule has 1 aliphatic rings. The van der Waals surface area contributed by atoms with E-state index in [4.69, 9.17) is 9.72 Å². The number of benzene rings is 1. The molecule has 0 aliphatic carbocycles. The van der Waals surface area contributed by atoms with E-state index in [9.17, 15) is 9.59 Å². The van der Waals surface area contributed by atoms with E-state index in [1.165, 1.54) is 0 Å². The van der Waals surface area contributed by atoms with Crippen LogP contribution in [0.1, 0.15) is 61.6 Å². The predicted molar refractivity (Wildman–Crippen MR) is 136 cm³/mol. The van der Waals surface area contributed by atoms with E-state index in [0.717, 1.165) is 41.6 Å². The number of anilines is 1. The molecule has 0 saturated carbocycles. The lowest BCUT2D eigenvalue weighted by molar-refractivity contribution is -0.149. The molecule has 2 heterocycles. The molecule has 7 nitrogen and oxygen atoms in total. The number of hydrogen-bond acceptors (Lipinski definition) is 7. The third-order valence-corrected chi connectivity index (χ3v) is 6.92. The van der Waals surface area contributed by atoms with Gasteiger partial charge in [0.15, 0.2) is 5.16 Å². The largest absolute Gasteiger partial charge is 0.466 e. The number of rotatable bonds is 10. The summed E-state index contributed by atoms with van der Waals surface area (Å²) in [6.45, 7) is 8.58. The highest BCUT2D eigenvalue weighted by Crippen LogP contribution is 2.25. The minimum atomic E-state index is -0.146. The average Bonchev–Trinajstić information content (AvgIpc) is 2.87. The second-order valence-corrected chi connectivity index (χ2v) is 9.53. The van der Waals surface area contributed by atoms with Gasteiger partial charge in [0.1, 0.15) is 5.82 Å². The SMILES string of the molecule is CCCN(C)c1cc(CC)nc(SCc2cccc(C(=O)N3CCC(C(=O)OCC)CC3)c2)n1. The van der Waals surface area contributed by atoms with Gasteiger partial charge in [-0.05, 0) is 50.3 Å². The second kappa shape index (κ2) is 12.7. The zero-order valence-corrected chi connectivity index (χ0v) is 21.6. The first-order valence-electron chi connectivity index (χ1n) is 12.2. The van der Waals surface area contributed by atoms with Crippen molar-refractivity contribution in [2.45, 2.75) is 57.4 Å². The summed E-state index contributed by atoms with van der Waals surface area (Å²) >= 11 is 1.59. The van der Waals surface area contributed by atoms with Crippen LogP contribution in [0.25, 0.3) is 0 Å². The number of thioether (sulfide) groups is 1. The van der Waals surface area contributed by atoms with Crippen LogP contribution in [0.15, 0.2) is 35.5 Å². The van der Waals surface area contributed by atoms with Crippen molar-refractivity contribution in [3.63, 3.8) is 0 Å². The van der Waals surface area contributed by atoms with Crippen LogP contribution in [0.2, 0.25) is 0 Å². The van der Waals surface area contributed by atoms with E-state index < -0.39 is 0 Å². The number of carbonyl (C=O) groups is 2. The molecule has 0 atom stereocenters. The van der Waals surface area contributed by atoms with Crippen molar-refractivity contribution in [3.8, 4) is 0 Å². The van der Waals surface area contributed by atoms with E-state index in [0.29, 0.717) is 43.9 Å². The molecule has 0 bridgehead atoms.